The van der Waals surface area contributed by atoms with E-state index in [-0.39, 0.29) is 5.91 Å². The highest BCUT2D eigenvalue weighted by Gasteiger charge is 2.12. The van der Waals surface area contributed by atoms with Gasteiger partial charge in [-0.25, -0.2) is 0 Å². The van der Waals surface area contributed by atoms with Crippen LogP contribution in [0.4, 0.5) is 5.69 Å². The summed E-state index contributed by atoms with van der Waals surface area (Å²) in [6.45, 7) is 2.00. The molecule has 0 fully saturated rings. The highest BCUT2D eigenvalue weighted by Crippen LogP contribution is 2.12. The van der Waals surface area contributed by atoms with Gasteiger partial charge in [0.05, 0.1) is 24.1 Å². The maximum Gasteiger partial charge on any atom is 0.241 e. The van der Waals surface area contributed by atoms with Gasteiger partial charge in [-0.05, 0) is 30.7 Å². The number of benzene rings is 1. The SMILES string of the molecule is CCC[C@H](N)C(=O)Nc1ccc(-n2nccn2)cc1. The zero-order valence-electron chi connectivity index (χ0n) is 10.8. The number of nitrogens with zero attached hydrogens (tertiary/aromatic N) is 3. The monoisotopic (exact) mass is 259 g/mol. The molecular weight excluding hydrogens is 242 g/mol. The van der Waals surface area contributed by atoms with Crippen molar-refractivity contribution in [3.05, 3.63) is 36.7 Å². The average molecular weight is 259 g/mol. The van der Waals surface area contributed by atoms with Crippen molar-refractivity contribution in [2.24, 2.45) is 5.73 Å². The predicted molar refractivity (Wildman–Crippen MR) is 72.9 cm³/mol. The van der Waals surface area contributed by atoms with Gasteiger partial charge < -0.3 is 11.1 Å². The number of aromatic nitrogens is 3. The molecule has 1 heterocycles. The molecule has 0 aliphatic carbocycles. The molecule has 0 aliphatic rings. The summed E-state index contributed by atoms with van der Waals surface area (Å²) in [6.07, 6.45) is 4.79. The maximum atomic E-state index is 11.7. The van der Waals surface area contributed by atoms with Crippen molar-refractivity contribution >= 4 is 11.6 Å². The molecule has 1 atom stereocenters. The molecule has 0 aliphatic heterocycles. The van der Waals surface area contributed by atoms with Crippen LogP contribution in [0.3, 0.4) is 0 Å². The van der Waals surface area contributed by atoms with E-state index in [1.54, 1.807) is 24.5 Å². The molecule has 1 aromatic heterocycles. The second kappa shape index (κ2) is 6.10. The minimum Gasteiger partial charge on any atom is -0.325 e. The molecule has 1 amide bonds. The Morgan fingerprint density at radius 1 is 1.32 bits per heavy atom. The first-order valence-electron chi connectivity index (χ1n) is 6.24. The quantitative estimate of drug-likeness (QED) is 0.848. The third kappa shape index (κ3) is 3.38. The lowest BCUT2D eigenvalue weighted by atomic mass is 10.1. The molecule has 3 N–H and O–H groups in total. The molecule has 0 spiro atoms. The number of carbonyl (C=O) groups excluding carboxylic acids is 1. The normalized spacial score (nSPS) is 12.1. The smallest absolute Gasteiger partial charge is 0.241 e. The van der Waals surface area contributed by atoms with Gasteiger partial charge in [0, 0.05) is 5.69 Å². The van der Waals surface area contributed by atoms with Crippen LogP contribution >= 0.6 is 0 Å². The predicted octanol–water partition coefficient (Wildman–Crippen LogP) is 1.33. The molecule has 0 unspecified atom stereocenters. The van der Waals surface area contributed by atoms with Crippen LogP contribution in [-0.4, -0.2) is 26.9 Å². The summed E-state index contributed by atoms with van der Waals surface area (Å²) in [4.78, 5) is 13.3. The van der Waals surface area contributed by atoms with Crippen LogP contribution in [0.1, 0.15) is 19.8 Å². The fraction of sp³-hybridized carbons (Fsp3) is 0.308. The van der Waals surface area contributed by atoms with Gasteiger partial charge in [0.2, 0.25) is 5.91 Å². The van der Waals surface area contributed by atoms with E-state index in [2.05, 4.69) is 15.5 Å². The molecule has 6 heteroatoms. The average Bonchev–Trinajstić information content (AvgIpc) is 2.94. The van der Waals surface area contributed by atoms with E-state index in [0.717, 1.165) is 12.1 Å². The van der Waals surface area contributed by atoms with Crippen molar-refractivity contribution in [2.45, 2.75) is 25.8 Å². The number of anilines is 1. The molecule has 0 radical (unpaired) electrons. The standard InChI is InChI=1S/C13H17N5O/c1-2-3-12(14)13(19)17-10-4-6-11(7-5-10)18-15-8-9-16-18/h4-9,12H,2-3,14H2,1H3,(H,17,19)/t12-/m0/s1. The number of amides is 1. The summed E-state index contributed by atoms with van der Waals surface area (Å²) in [6, 6.07) is 6.81. The third-order valence-electron chi connectivity index (χ3n) is 2.72. The van der Waals surface area contributed by atoms with Crippen molar-refractivity contribution in [3.8, 4) is 5.69 Å². The lowest BCUT2D eigenvalue weighted by molar-refractivity contribution is -0.117. The zero-order valence-corrected chi connectivity index (χ0v) is 10.8. The van der Waals surface area contributed by atoms with E-state index in [1.807, 2.05) is 19.1 Å². The van der Waals surface area contributed by atoms with Gasteiger partial charge in [-0.2, -0.15) is 15.0 Å². The van der Waals surface area contributed by atoms with Gasteiger partial charge in [0.25, 0.3) is 0 Å². The summed E-state index contributed by atoms with van der Waals surface area (Å²) >= 11 is 0. The van der Waals surface area contributed by atoms with E-state index in [9.17, 15) is 4.79 Å². The Labute approximate surface area is 111 Å². The van der Waals surface area contributed by atoms with Crippen molar-refractivity contribution in [3.63, 3.8) is 0 Å². The van der Waals surface area contributed by atoms with Crippen molar-refractivity contribution < 1.29 is 4.79 Å². The third-order valence-corrected chi connectivity index (χ3v) is 2.72. The minimum atomic E-state index is -0.461. The molecule has 0 saturated heterocycles. The van der Waals surface area contributed by atoms with E-state index in [4.69, 9.17) is 5.73 Å². The number of nitrogens with one attached hydrogen (secondary N) is 1. The second-order valence-corrected chi connectivity index (χ2v) is 4.25. The van der Waals surface area contributed by atoms with Crippen molar-refractivity contribution in [1.82, 2.24) is 15.0 Å². The van der Waals surface area contributed by atoms with Crippen LogP contribution in [0, 0.1) is 0 Å². The molecule has 2 aromatic rings. The fourth-order valence-corrected chi connectivity index (χ4v) is 1.70. The Balaban J connectivity index is 2.01. The lowest BCUT2D eigenvalue weighted by Crippen LogP contribution is -2.35. The largest absolute Gasteiger partial charge is 0.325 e. The van der Waals surface area contributed by atoms with Gasteiger partial charge in [-0.3, -0.25) is 4.79 Å². The number of nitrogens with two attached hydrogens (primary N) is 1. The Morgan fingerprint density at radius 3 is 2.53 bits per heavy atom. The molecule has 6 nitrogen and oxygen atoms in total. The Morgan fingerprint density at radius 2 is 1.95 bits per heavy atom. The van der Waals surface area contributed by atoms with Crippen molar-refractivity contribution in [1.29, 1.82) is 0 Å². The van der Waals surface area contributed by atoms with E-state index >= 15 is 0 Å². The highest BCUT2D eigenvalue weighted by atomic mass is 16.2. The number of hydrogen-bond acceptors (Lipinski definition) is 4. The van der Waals surface area contributed by atoms with E-state index in [0.29, 0.717) is 12.1 Å². The van der Waals surface area contributed by atoms with Crippen LogP contribution in [0.2, 0.25) is 0 Å². The summed E-state index contributed by atoms with van der Waals surface area (Å²) in [5.41, 5.74) is 7.30. The van der Waals surface area contributed by atoms with Crippen LogP contribution in [0.25, 0.3) is 5.69 Å². The van der Waals surface area contributed by atoms with Gasteiger partial charge in [0.1, 0.15) is 0 Å². The fourth-order valence-electron chi connectivity index (χ4n) is 1.70. The highest BCUT2D eigenvalue weighted by molar-refractivity contribution is 5.94. The topological polar surface area (TPSA) is 85.8 Å². The van der Waals surface area contributed by atoms with Crippen LogP contribution in [0.5, 0.6) is 0 Å². The first-order chi connectivity index (χ1) is 9.20. The van der Waals surface area contributed by atoms with Gasteiger partial charge in [0.15, 0.2) is 0 Å². The van der Waals surface area contributed by atoms with Crippen LogP contribution < -0.4 is 11.1 Å². The molecule has 19 heavy (non-hydrogen) atoms. The maximum absolute atomic E-state index is 11.7. The molecule has 100 valence electrons. The van der Waals surface area contributed by atoms with Gasteiger partial charge in [-0.15, -0.1) is 0 Å². The summed E-state index contributed by atoms with van der Waals surface area (Å²) in [7, 11) is 0. The zero-order chi connectivity index (χ0) is 13.7. The van der Waals surface area contributed by atoms with E-state index in [1.165, 1.54) is 4.80 Å². The Bertz CT molecular complexity index is 520. The lowest BCUT2D eigenvalue weighted by Gasteiger charge is -2.11. The van der Waals surface area contributed by atoms with Gasteiger partial charge in [-0.1, -0.05) is 13.3 Å². The molecular formula is C13H17N5O. The summed E-state index contributed by atoms with van der Waals surface area (Å²) < 4.78 is 0. The summed E-state index contributed by atoms with van der Waals surface area (Å²) in [5, 5.41) is 10.8. The molecule has 0 saturated carbocycles. The number of hydrogen-bond donors (Lipinski definition) is 2. The summed E-state index contributed by atoms with van der Waals surface area (Å²) in [5.74, 6) is -0.160. The number of carbonyl (C=O) groups is 1. The molecule has 2 rings (SSSR count). The molecule has 0 bridgehead atoms. The van der Waals surface area contributed by atoms with E-state index < -0.39 is 6.04 Å². The Kier molecular flexibility index (Phi) is 4.25. The minimum absolute atomic E-state index is 0.160. The van der Waals surface area contributed by atoms with Crippen LogP contribution in [0.15, 0.2) is 36.7 Å². The van der Waals surface area contributed by atoms with Crippen molar-refractivity contribution in [2.75, 3.05) is 5.32 Å². The first kappa shape index (κ1) is 13.2. The number of rotatable bonds is 5. The first-order valence-corrected chi connectivity index (χ1v) is 6.24. The van der Waals surface area contributed by atoms with Gasteiger partial charge >= 0.3 is 0 Å². The second-order valence-electron chi connectivity index (χ2n) is 4.25. The van der Waals surface area contributed by atoms with Crippen LogP contribution in [-0.2, 0) is 4.79 Å². The molecule has 1 aromatic carbocycles. The Hall–Kier alpha value is -2.21.